The minimum atomic E-state index is -0.446. The van der Waals surface area contributed by atoms with E-state index in [1.165, 1.54) is 22.3 Å². The molecule has 5 nitrogen and oxygen atoms in total. The summed E-state index contributed by atoms with van der Waals surface area (Å²) in [5, 5.41) is 8.65. The average Bonchev–Trinajstić information content (AvgIpc) is 4.42. The Kier molecular flexibility index (Phi) is 8.36. The second-order valence-electron chi connectivity index (χ2n) is 22.2. The molecule has 0 saturated heterocycles. The molecule has 15 aromatic rings. The van der Waals surface area contributed by atoms with E-state index < -0.39 is 10.8 Å². The molecule has 0 fully saturated rings. The van der Waals surface area contributed by atoms with E-state index in [0.717, 1.165) is 149 Å². The predicted octanol–water partition coefficient (Wildman–Crippen LogP) is 20.7. The number of nitrogens with zero attached hydrogens (tertiary/aromatic N) is 1. The summed E-state index contributed by atoms with van der Waals surface area (Å²) in [6, 6.07) is 76.3. The van der Waals surface area contributed by atoms with E-state index in [4.69, 9.17) is 17.7 Å². The number of hydrogen-bond donors (Lipinski definition) is 0. The lowest BCUT2D eigenvalue weighted by molar-refractivity contribution is 0.650. The first-order valence-corrected chi connectivity index (χ1v) is 26.6. The Morgan fingerprint density at radius 3 is 1.17 bits per heavy atom. The van der Waals surface area contributed by atoms with Gasteiger partial charge < -0.3 is 22.6 Å². The van der Waals surface area contributed by atoms with Crippen LogP contribution in [0.25, 0.3) is 132 Å². The lowest BCUT2D eigenvalue weighted by Crippen LogP contribution is -2.18. The van der Waals surface area contributed by atoms with Gasteiger partial charge in [-0.25, -0.2) is 0 Å². The Morgan fingerprint density at radius 2 is 0.688 bits per heavy atom. The molecule has 5 heteroatoms. The van der Waals surface area contributed by atoms with Crippen molar-refractivity contribution in [3.63, 3.8) is 0 Å². The smallest absolute Gasteiger partial charge is 0.160 e. The number of fused-ring (bicyclic) bond motifs is 22. The van der Waals surface area contributed by atoms with Gasteiger partial charge >= 0.3 is 0 Å². The topological polar surface area (TPSA) is 55.8 Å². The van der Waals surface area contributed by atoms with Gasteiger partial charge in [-0.2, -0.15) is 0 Å². The van der Waals surface area contributed by atoms with Crippen LogP contribution in [0.5, 0.6) is 0 Å². The SMILES string of the molecule is CC1(C)c2ccc3c(oc4ccccc43)c2-c2c1cc(N(c1ccc(-c3ccccc3)cc1-c1ccccc1)c1cc3c(c4c1oc1ccccc14)-c1c(ccc4c1oc1ccccc14)C3(C)C)c1oc3ccccc3c21. The molecule has 0 amide bonds. The summed E-state index contributed by atoms with van der Waals surface area (Å²) in [6.45, 7) is 9.46. The first-order valence-electron chi connectivity index (χ1n) is 26.6. The maximum Gasteiger partial charge on any atom is 0.160 e. The van der Waals surface area contributed by atoms with Crippen LogP contribution >= 0.6 is 0 Å². The largest absolute Gasteiger partial charge is 0.455 e. The number of anilines is 3. The maximum atomic E-state index is 7.44. The van der Waals surface area contributed by atoms with Gasteiger partial charge in [0.1, 0.15) is 33.5 Å². The van der Waals surface area contributed by atoms with E-state index >= 15 is 0 Å². The van der Waals surface area contributed by atoms with Crippen LogP contribution in [-0.4, -0.2) is 0 Å². The summed E-state index contributed by atoms with van der Waals surface area (Å²) in [6.07, 6.45) is 0. The van der Waals surface area contributed by atoms with Gasteiger partial charge in [-0.3, -0.25) is 0 Å². The van der Waals surface area contributed by atoms with Crippen molar-refractivity contribution in [2.75, 3.05) is 4.90 Å². The zero-order valence-electron chi connectivity index (χ0n) is 42.8. The molecule has 4 aromatic heterocycles. The molecule has 2 aliphatic carbocycles. The monoisotopic (exact) mass is 989 g/mol. The summed E-state index contributed by atoms with van der Waals surface area (Å²) in [7, 11) is 0. The number of furan rings is 4. The number of rotatable bonds is 5. The van der Waals surface area contributed by atoms with E-state index in [1.807, 2.05) is 0 Å². The van der Waals surface area contributed by atoms with Crippen molar-refractivity contribution in [2.24, 2.45) is 0 Å². The highest BCUT2D eigenvalue weighted by Crippen LogP contribution is 2.62. The number of benzene rings is 11. The quantitative estimate of drug-likeness (QED) is 0.172. The molecule has 364 valence electrons. The van der Waals surface area contributed by atoms with Crippen molar-refractivity contribution in [1.29, 1.82) is 0 Å². The first-order chi connectivity index (χ1) is 37.7. The third kappa shape index (κ3) is 5.62. The molecule has 2 aliphatic rings. The minimum Gasteiger partial charge on any atom is -0.455 e. The summed E-state index contributed by atoms with van der Waals surface area (Å²) in [5.41, 5.74) is 22.5. The van der Waals surface area contributed by atoms with Crippen LogP contribution in [0.2, 0.25) is 0 Å². The van der Waals surface area contributed by atoms with Crippen LogP contribution in [-0.2, 0) is 10.8 Å². The fourth-order valence-corrected chi connectivity index (χ4v) is 13.8. The minimum absolute atomic E-state index is 0.446. The predicted molar refractivity (Wildman–Crippen MR) is 316 cm³/mol. The summed E-state index contributed by atoms with van der Waals surface area (Å²) in [4.78, 5) is 2.47. The van der Waals surface area contributed by atoms with Gasteiger partial charge in [-0.15, -0.1) is 0 Å². The molecule has 11 aromatic carbocycles. The van der Waals surface area contributed by atoms with E-state index in [-0.39, 0.29) is 0 Å². The number of para-hydroxylation sites is 4. The highest BCUT2D eigenvalue weighted by Gasteiger charge is 2.44. The molecule has 0 saturated carbocycles. The van der Waals surface area contributed by atoms with Gasteiger partial charge in [0.2, 0.25) is 0 Å². The molecule has 0 spiro atoms. The summed E-state index contributed by atoms with van der Waals surface area (Å²) < 4.78 is 28.8. The van der Waals surface area contributed by atoms with Crippen molar-refractivity contribution < 1.29 is 17.7 Å². The Balaban J connectivity index is 1.05. The van der Waals surface area contributed by atoms with Gasteiger partial charge in [0.05, 0.1) is 17.1 Å². The van der Waals surface area contributed by atoms with Crippen molar-refractivity contribution in [3.8, 4) is 44.5 Å². The van der Waals surface area contributed by atoms with Crippen molar-refractivity contribution in [1.82, 2.24) is 0 Å². The highest BCUT2D eigenvalue weighted by molar-refractivity contribution is 6.26. The molecule has 17 rings (SSSR count). The van der Waals surface area contributed by atoms with Crippen molar-refractivity contribution >= 4 is 105 Å². The second-order valence-corrected chi connectivity index (χ2v) is 22.2. The van der Waals surface area contributed by atoms with Crippen molar-refractivity contribution in [2.45, 2.75) is 38.5 Å². The molecular formula is C72H47NO4. The molecule has 77 heavy (non-hydrogen) atoms. The molecular weight excluding hydrogens is 943 g/mol. The lowest BCUT2D eigenvalue weighted by Gasteiger charge is -2.31. The van der Waals surface area contributed by atoms with Gasteiger partial charge in [0.15, 0.2) is 11.2 Å². The highest BCUT2D eigenvalue weighted by atomic mass is 16.3. The molecule has 0 unspecified atom stereocenters. The van der Waals surface area contributed by atoms with E-state index in [9.17, 15) is 0 Å². The molecule has 0 radical (unpaired) electrons. The van der Waals surface area contributed by atoms with Gasteiger partial charge in [0.25, 0.3) is 0 Å². The third-order valence-electron chi connectivity index (χ3n) is 17.5. The summed E-state index contributed by atoms with van der Waals surface area (Å²) in [5.74, 6) is 0. The van der Waals surface area contributed by atoms with Gasteiger partial charge in [-0.1, -0.05) is 191 Å². The molecule has 0 aliphatic heterocycles. The summed E-state index contributed by atoms with van der Waals surface area (Å²) >= 11 is 0. The van der Waals surface area contributed by atoms with Crippen LogP contribution in [0.3, 0.4) is 0 Å². The third-order valence-corrected chi connectivity index (χ3v) is 17.5. The molecule has 4 heterocycles. The van der Waals surface area contributed by atoms with Crippen LogP contribution in [0.15, 0.2) is 230 Å². The van der Waals surface area contributed by atoms with E-state index in [2.05, 4.69) is 245 Å². The Hall–Kier alpha value is -9.58. The van der Waals surface area contributed by atoms with Crippen LogP contribution in [0.4, 0.5) is 17.1 Å². The molecule has 0 bridgehead atoms. The van der Waals surface area contributed by atoms with E-state index in [0.29, 0.717) is 0 Å². The Morgan fingerprint density at radius 1 is 0.286 bits per heavy atom. The van der Waals surface area contributed by atoms with E-state index in [1.54, 1.807) is 0 Å². The standard InChI is InChI=1S/C72H47NO4/c1-71(2)50-34-32-45-43-23-11-15-27-57(43)74-67(45)65(50)63-52(71)38-55(69-61(63)47-25-13-17-29-59(47)76-69)73(54-36-31-42(40-19-7-5-8-20-40)37-49(54)41-21-9-6-10-22-41)56-39-53-64(62-48-26-14-18-30-60(48)77-70(56)62)66-51(72(53,3)4)35-33-46-44-24-12-16-28-58(44)75-68(46)66/h5-39H,1-4H3. The van der Waals surface area contributed by atoms with Crippen LogP contribution in [0.1, 0.15) is 49.9 Å². The fraction of sp³-hybridized carbons (Fsp3) is 0.0833. The lowest BCUT2D eigenvalue weighted by atomic mass is 9.81. The second kappa shape index (κ2) is 15.1. The van der Waals surface area contributed by atoms with Gasteiger partial charge in [-0.05, 0) is 87.5 Å². The first kappa shape index (κ1) is 42.7. The van der Waals surface area contributed by atoms with Crippen molar-refractivity contribution in [3.05, 3.63) is 235 Å². The molecule has 0 N–H and O–H groups in total. The number of hydrogen-bond acceptors (Lipinski definition) is 5. The fourth-order valence-electron chi connectivity index (χ4n) is 13.8. The normalized spacial score (nSPS) is 14.2. The van der Waals surface area contributed by atoms with Crippen LogP contribution < -0.4 is 4.90 Å². The Labute approximate surface area is 442 Å². The Bertz CT molecular complexity index is 4790. The average molecular weight is 990 g/mol. The molecule has 0 atom stereocenters. The zero-order valence-corrected chi connectivity index (χ0v) is 42.8. The van der Waals surface area contributed by atoms with Gasteiger partial charge in [0, 0.05) is 81.7 Å². The van der Waals surface area contributed by atoms with Crippen LogP contribution in [0, 0.1) is 0 Å². The maximum absolute atomic E-state index is 7.44. The zero-order chi connectivity index (χ0) is 51.1.